The maximum atomic E-state index is 12.5. The molecular weight excluding hydrogens is 382 g/mol. The quantitative estimate of drug-likeness (QED) is 0.507. The largest absolute Gasteiger partial charge is 0.423 e. The lowest BCUT2D eigenvalue weighted by Gasteiger charge is -2.18. The van der Waals surface area contributed by atoms with E-state index in [0.29, 0.717) is 22.8 Å². The summed E-state index contributed by atoms with van der Waals surface area (Å²) in [6, 6.07) is 15.1. The van der Waals surface area contributed by atoms with E-state index in [1.54, 1.807) is 55.5 Å². The van der Waals surface area contributed by atoms with E-state index in [1.807, 2.05) is 26.8 Å². The fourth-order valence-corrected chi connectivity index (χ4v) is 2.74. The van der Waals surface area contributed by atoms with Gasteiger partial charge in [0.1, 0.15) is 17.1 Å². The molecule has 0 saturated heterocycles. The lowest BCUT2D eigenvalue weighted by Crippen LogP contribution is -2.29. The fraction of sp³-hybridized carbons (Fsp3) is 0.217. The van der Waals surface area contributed by atoms with Crippen molar-refractivity contribution in [2.45, 2.75) is 33.1 Å². The van der Waals surface area contributed by atoms with Crippen LogP contribution in [0.25, 0.3) is 0 Å². The molecule has 7 nitrogen and oxygen atoms in total. The van der Waals surface area contributed by atoms with Gasteiger partial charge in [-0.1, -0.05) is 39.0 Å². The Morgan fingerprint density at radius 2 is 1.63 bits per heavy atom. The van der Waals surface area contributed by atoms with Gasteiger partial charge in [-0.2, -0.15) is 0 Å². The Morgan fingerprint density at radius 3 is 2.20 bits per heavy atom. The van der Waals surface area contributed by atoms with Crippen molar-refractivity contribution < 1.29 is 14.3 Å². The molecule has 3 rings (SSSR count). The van der Waals surface area contributed by atoms with Crippen molar-refractivity contribution >= 4 is 17.6 Å². The number of nitrogens with zero attached hydrogens (tertiary/aromatic N) is 1. The Kier molecular flexibility index (Phi) is 5.82. The molecule has 0 saturated carbocycles. The highest BCUT2D eigenvalue weighted by atomic mass is 16.5. The molecule has 3 aromatic rings. The Labute approximate surface area is 174 Å². The molecule has 0 fully saturated rings. The van der Waals surface area contributed by atoms with Crippen molar-refractivity contribution in [2.24, 2.45) is 0 Å². The van der Waals surface area contributed by atoms with Gasteiger partial charge in [-0.3, -0.25) is 9.59 Å². The normalized spacial score (nSPS) is 11.1. The van der Waals surface area contributed by atoms with E-state index < -0.39 is 11.5 Å². The van der Waals surface area contributed by atoms with Crippen molar-refractivity contribution in [1.82, 2.24) is 9.97 Å². The maximum absolute atomic E-state index is 12.5. The number of aryl methyl sites for hydroxylation is 1. The Balaban J connectivity index is 1.72. The third-order valence-electron chi connectivity index (χ3n) is 4.37. The summed E-state index contributed by atoms with van der Waals surface area (Å²) in [7, 11) is 0. The second kappa shape index (κ2) is 8.32. The Hall–Kier alpha value is -3.74. The van der Waals surface area contributed by atoms with Gasteiger partial charge >= 0.3 is 5.97 Å². The molecule has 154 valence electrons. The maximum Gasteiger partial charge on any atom is 0.351 e. The zero-order chi connectivity index (χ0) is 21.9. The van der Waals surface area contributed by atoms with Crippen molar-refractivity contribution in [1.29, 1.82) is 0 Å². The molecule has 1 aromatic heterocycles. The van der Waals surface area contributed by atoms with Crippen molar-refractivity contribution in [3.63, 3.8) is 0 Å². The predicted molar refractivity (Wildman–Crippen MR) is 114 cm³/mol. The summed E-state index contributed by atoms with van der Waals surface area (Å²) < 4.78 is 5.32. The number of aromatic amines is 1. The second-order valence-electron chi connectivity index (χ2n) is 7.86. The third-order valence-corrected chi connectivity index (χ3v) is 4.37. The topological polar surface area (TPSA) is 101 Å². The molecule has 1 amide bonds. The van der Waals surface area contributed by atoms with Crippen LogP contribution in [0.1, 0.15) is 53.0 Å². The summed E-state index contributed by atoms with van der Waals surface area (Å²) in [4.78, 5) is 44.1. The summed E-state index contributed by atoms with van der Waals surface area (Å²) in [5, 5.41) is 2.76. The Morgan fingerprint density at radius 1 is 1.00 bits per heavy atom. The molecule has 0 aliphatic carbocycles. The highest BCUT2D eigenvalue weighted by Crippen LogP contribution is 2.20. The van der Waals surface area contributed by atoms with Crippen LogP contribution in [0.4, 0.5) is 5.69 Å². The molecule has 30 heavy (non-hydrogen) atoms. The molecule has 2 aromatic carbocycles. The number of carbonyl (C=O) groups is 2. The number of ether oxygens (including phenoxy) is 1. The molecule has 0 bridgehead atoms. The fourth-order valence-electron chi connectivity index (χ4n) is 2.74. The van der Waals surface area contributed by atoms with Gasteiger partial charge in [0.2, 0.25) is 0 Å². The second-order valence-corrected chi connectivity index (χ2v) is 7.86. The number of benzene rings is 2. The van der Waals surface area contributed by atoms with Crippen molar-refractivity contribution in [3.05, 3.63) is 87.6 Å². The molecule has 0 radical (unpaired) electrons. The minimum Gasteiger partial charge on any atom is -0.423 e. The molecule has 0 atom stereocenters. The summed E-state index contributed by atoms with van der Waals surface area (Å²) in [5.41, 5.74) is 0.364. The van der Waals surface area contributed by atoms with Crippen LogP contribution in [0, 0.1) is 6.92 Å². The third kappa shape index (κ3) is 4.81. The minimum atomic E-state index is -0.789. The van der Waals surface area contributed by atoms with Crippen molar-refractivity contribution in [2.75, 3.05) is 5.32 Å². The van der Waals surface area contributed by atoms with Crippen LogP contribution < -0.4 is 15.6 Å². The minimum absolute atomic E-state index is 0.135. The van der Waals surface area contributed by atoms with E-state index in [0.717, 1.165) is 0 Å². The average molecular weight is 405 g/mol. The molecule has 0 aliphatic rings. The van der Waals surface area contributed by atoms with Gasteiger partial charge in [-0.25, -0.2) is 9.78 Å². The number of carbonyl (C=O) groups excluding carboxylic acids is 2. The number of amides is 1. The number of anilines is 1. The molecule has 0 aliphatic heterocycles. The van der Waals surface area contributed by atoms with Crippen LogP contribution in [-0.2, 0) is 5.41 Å². The molecule has 2 N–H and O–H groups in total. The zero-order valence-corrected chi connectivity index (χ0v) is 17.3. The summed E-state index contributed by atoms with van der Waals surface area (Å²) in [5.74, 6) is -0.285. The van der Waals surface area contributed by atoms with Crippen LogP contribution in [0.3, 0.4) is 0 Å². The highest BCUT2D eigenvalue weighted by Gasteiger charge is 2.23. The van der Waals surface area contributed by atoms with Crippen LogP contribution in [0.15, 0.2) is 59.4 Å². The van der Waals surface area contributed by atoms with Crippen LogP contribution in [0.2, 0.25) is 0 Å². The first-order valence-corrected chi connectivity index (χ1v) is 9.45. The van der Waals surface area contributed by atoms with Crippen LogP contribution in [0.5, 0.6) is 5.75 Å². The summed E-state index contributed by atoms with van der Waals surface area (Å²) in [6.07, 6.45) is 0. The number of H-pyrrole nitrogens is 1. The lowest BCUT2D eigenvalue weighted by atomic mass is 9.95. The van der Waals surface area contributed by atoms with Gasteiger partial charge in [-0.15, -0.1) is 0 Å². The monoisotopic (exact) mass is 405 g/mol. The number of esters is 1. The number of aromatic nitrogens is 2. The van der Waals surface area contributed by atoms with Crippen LogP contribution in [-0.4, -0.2) is 21.8 Å². The van der Waals surface area contributed by atoms with Gasteiger partial charge < -0.3 is 15.0 Å². The lowest BCUT2D eigenvalue weighted by molar-refractivity contribution is 0.0731. The van der Waals surface area contributed by atoms with E-state index in [-0.39, 0.29) is 22.6 Å². The predicted octanol–water partition coefficient (Wildman–Crippen LogP) is 3.85. The standard InChI is InChI=1S/C23H23N3O4/c1-14-18(20(28)26-22(24-14)23(2,3)4)21(29)30-17-12-10-16(11-13-17)25-19(27)15-8-6-5-7-9-15/h5-13H,1-4H3,(H,25,27)(H,24,26,28). The molecular formula is C23H23N3O4. The molecule has 7 heteroatoms. The van der Waals surface area contributed by atoms with E-state index in [2.05, 4.69) is 15.3 Å². The molecule has 1 heterocycles. The number of nitrogens with one attached hydrogen (secondary N) is 2. The highest BCUT2D eigenvalue weighted by molar-refractivity contribution is 6.04. The smallest absolute Gasteiger partial charge is 0.351 e. The number of rotatable bonds is 4. The Bertz CT molecular complexity index is 1130. The zero-order valence-electron chi connectivity index (χ0n) is 17.3. The van der Waals surface area contributed by atoms with Gasteiger partial charge in [0, 0.05) is 16.7 Å². The van der Waals surface area contributed by atoms with E-state index in [9.17, 15) is 14.4 Å². The molecule has 0 unspecified atom stereocenters. The summed E-state index contributed by atoms with van der Waals surface area (Å²) in [6.45, 7) is 7.35. The summed E-state index contributed by atoms with van der Waals surface area (Å²) >= 11 is 0. The van der Waals surface area contributed by atoms with E-state index >= 15 is 0 Å². The van der Waals surface area contributed by atoms with Gasteiger partial charge in [0.15, 0.2) is 0 Å². The van der Waals surface area contributed by atoms with Gasteiger partial charge in [-0.05, 0) is 43.3 Å². The number of hydrogen-bond acceptors (Lipinski definition) is 5. The van der Waals surface area contributed by atoms with Crippen LogP contribution >= 0.6 is 0 Å². The number of hydrogen-bond donors (Lipinski definition) is 2. The first-order chi connectivity index (χ1) is 14.1. The van der Waals surface area contributed by atoms with Gasteiger partial charge in [0.05, 0.1) is 5.69 Å². The first-order valence-electron chi connectivity index (χ1n) is 9.45. The SMILES string of the molecule is Cc1nc(C(C)(C)C)[nH]c(=O)c1C(=O)Oc1ccc(NC(=O)c2ccccc2)cc1. The average Bonchev–Trinajstić information content (AvgIpc) is 2.69. The van der Waals surface area contributed by atoms with E-state index in [1.165, 1.54) is 0 Å². The molecule has 0 spiro atoms. The van der Waals surface area contributed by atoms with Crippen molar-refractivity contribution in [3.8, 4) is 5.75 Å². The van der Waals surface area contributed by atoms with Gasteiger partial charge in [0.25, 0.3) is 11.5 Å². The van der Waals surface area contributed by atoms with E-state index in [4.69, 9.17) is 4.74 Å². The first kappa shape index (κ1) is 21.0.